The van der Waals surface area contributed by atoms with E-state index in [0.717, 1.165) is 25.1 Å². The number of fused-ring (bicyclic) bond motifs is 1. The number of hydrogen-bond donors (Lipinski definition) is 1. The highest BCUT2D eigenvalue weighted by atomic mass is 15.0. The molecular weight excluding hydrogens is 222 g/mol. The van der Waals surface area contributed by atoms with Crippen LogP contribution >= 0.6 is 0 Å². The smallest absolute Gasteiger partial charge is 0.133 e. The zero-order chi connectivity index (χ0) is 12.8. The zero-order valence-corrected chi connectivity index (χ0v) is 11.7. The van der Waals surface area contributed by atoms with Crippen molar-refractivity contribution in [3.05, 3.63) is 17.6 Å². The number of nitrogens with zero attached hydrogens (tertiary/aromatic N) is 2. The lowest BCUT2D eigenvalue weighted by Crippen LogP contribution is -2.20. The van der Waals surface area contributed by atoms with E-state index in [9.17, 15) is 0 Å². The molecule has 0 amide bonds. The molecule has 1 N–H and O–H groups in total. The largest absolute Gasteiger partial charge is 0.367 e. The van der Waals surface area contributed by atoms with Gasteiger partial charge in [0.1, 0.15) is 12.1 Å². The molecule has 2 rings (SSSR count). The Kier molecular flexibility index (Phi) is 4.97. The van der Waals surface area contributed by atoms with E-state index in [-0.39, 0.29) is 0 Å². The quantitative estimate of drug-likeness (QED) is 0.805. The molecule has 3 heteroatoms. The van der Waals surface area contributed by atoms with Crippen molar-refractivity contribution >= 4 is 5.82 Å². The lowest BCUT2D eigenvalue weighted by molar-refractivity contribution is 0.618. The molecule has 100 valence electrons. The van der Waals surface area contributed by atoms with Gasteiger partial charge in [-0.3, -0.25) is 0 Å². The van der Waals surface area contributed by atoms with Crippen LogP contribution in [-0.2, 0) is 12.8 Å². The number of anilines is 1. The summed E-state index contributed by atoms with van der Waals surface area (Å²) in [6, 6.07) is 0.553. The Bertz CT molecular complexity index is 376. The van der Waals surface area contributed by atoms with Crippen molar-refractivity contribution in [2.75, 3.05) is 5.32 Å². The van der Waals surface area contributed by atoms with Gasteiger partial charge >= 0.3 is 0 Å². The fourth-order valence-electron chi connectivity index (χ4n) is 2.74. The third kappa shape index (κ3) is 3.21. The van der Waals surface area contributed by atoms with Crippen molar-refractivity contribution in [1.29, 1.82) is 0 Å². The van der Waals surface area contributed by atoms with E-state index >= 15 is 0 Å². The monoisotopic (exact) mass is 247 g/mol. The summed E-state index contributed by atoms with van der Waals surface area (Å²) < 4.78 is 0. The molecule has 1 unspecified atom stereocenters. The molecule has 18 heavy (non-hydrogen) atoms. The van der Waals surface area contributed by atoms with Gasteiger partial charge < -0.3 is 5.32 Å². The first-order chi connectivity index (χ1) is 8.85. The van der Waals surface area contributed by atoms with Gasteiger partial charge in [-0.2, -0.15) is 0 Å². The van der Waals surface area contributed by atoms with E-state index in [1.165, 1.54) is 43.4 Å². The minimum absolute atomic E-state index is 0.553. The maximum Gasteiger partial charge on any atom is 0.133 e. The van der Waals surface area contributed by atoms with Crippen LogP contribution in [0.2, 0.25) is 0 Å². The Balaban J connectivity index is 2.17. The van der Waals surface area contributed by atoms with E-state index in [2.05, 4.69) is 29.1 Å². The van der Waals surface area contributed by atoms with Crippen molar-refractivity contribution < 1.29 is 0 Å². The van der Waals surface area contributed by atoms with Crippen molar-refractivity contribution in [3.63, 3.8) is 0 Å². The van der Waals surface area contributed by atoms with Gasteiger partial charge in [-0.1, -0.05) is 26.7 Å². The van der Waals surface area contributed by atoms with Crippen LogP contribution in [0.1, 0.15) is 63.6 Å². The van der Waals surface area contributed by atoms with Gasteiger partial charge in [0.05, 0.1) is 0 Å². The molecule has 1 aliphatic rings. The second kappa shape index (κ2) is 6.72. The van der Waals surface area contributed by atoms with Crippen molar-refractivity contribution in [2.24, 2.45) is 0 Å². The van der Waals surface area contributed by atoms with Crippen LogP contribution in [0.3, 0.4) is 0 Å². The fraction of sp³-hybridized carbons (Fsp3) is 0.733. The molecule has 0 saturated heterocycles. The fourth-order valence-corrected chi connectivity index (χ4v) is 2.74. The molecule has 0 bridgehead atoms. The third-order valence-corrected chi connectivity index (χ3v) is 3.85. The zero-order valence-electron chi connectivity index (χ0n) is 11.7. The second-order valence-electron chi connectivity index (χ2n) is 5.25. The SMILES string of the molecule is CCCC(CC)Nc1ncnc2c1CCCCC2. The van der Waals surface area contributed by atoms with Crippen LogP contribution < -0.4 is 5.32 Å². The molecule has 3 nitrogen and oxygen atoms in total. The molecular formula is C15H25N3. The van der Waals surface area contributed by atoms with Crippen LogP contribution in [0.15, 0.2) is 6.33 Å². The molecule has 1 aromatic rings. The van der Waals surface area contributed by atoms with Crippen molar-refractivity contribution in [2.45, 2.75) is 71.3 Å². The van der Waals surface area contributed by atoms with E-state index in [4.69, 9.17) is 0 Å². The van der Waals surface area contributed by atoms with Gasteiger partial charge in [-0.25, -0.2) is 9.97 Å². The van der Waals surface area contributed by atoms with Crippen LogP contribution in [0, 0.1) is 0 Å². The standard InChI is InChI=1S/C15H25N3/c1-3-8-12(4-2)18-15-13-9-6-5-7-10-14(13)16-11-17-15/h11-12H,3-10H2,1-2H3,(H,16,17,18). The molecule has 0 aromatic carbocycles. The summed E-state index contributed by atoms with van der Waals surface area (Å²) in [5.41, 5.74) is 2.65. The van der Waals surface area contributed by atoms with E-state index in [0.29, 0.717) is 6.04 Å². The van der Waals surface area contributed by atoms with Crippen LogP contribution in [-0.4, -0.2) is 16.0 Å². The third-order valence-electron chi connectivity index (χ3n) is 3.85. The number of hydrogen-bond acceptors (Lipinski definition) is 3. The lowest BCUT2D eigenvalue weighted by atomic mass is 10.1. The van der Waals surface area contributed by atoms with Gasteiger partial charge in [0, 0.05) is 17.3 Å². The van der Waals surface area contributed by atoms with E-state index in [1.54, 1.807) is 6.33 Å². The summed E-state index contributed by atoms with van der Waals surface area (Å²) >= 11 is 0. The molecule has 1 aliphatic carbocycles. The minimum Gasteiger partial charge on any atom is -0.367 e. The molecule has 1 atom stereocenters. The average molecular weight is 247 g/mol. The maximum atomic E-state index is 4.48. The summed E-state index contributed by atoms with van der Waals surface area (Å²) in [6.07, 6.45) is 11.5. The van der Waals surface area contributed by atoms with Crippen LogP contribution in [0.4, 0.5) is 5.82 Å². The number of aromatic nitrogens is 2. The molecule has 0 fully saturated rings. The van der Waals surface area contributed by atoms with Gasteiger partial charge in [0.2, 0.25) is 0 Å². The first-order valence-electron chi connectivity index (χ1n) is 7.44. The summed E-state index contributed by atoms with van der Waals surface area (Å²) in [5, 5.41) is 3.63. The highest BCUT2D eigenvalue weighted by molar-refractivity contribution is 5.47. The molecule has 1 heterocycles. The number of nitrogens with one attached hydrogen (secondary N) is 1. The predicted octanol–water partition coefficient (Wildman–Crippen LogP) is 3.74. The minimum atomic E-state index is 0.553. The maximum absolute atomic E-state index is 4.48. The van der Waals surface area contributed by atoms with Crippen molar-refractivity contribution in [3.8, 4) is 0 Å². The summed E-state index contributed by atoms with van der Waals surface area (Å²) in [6.45, 7) is 4.48. The summed E-state index contributed by atoms with van der Waals surface area (Å²) in [4.78, 5) is 8.95. The molecule has 1 aromatic heterocycles. The van der Waals surface area contributed by atoms with Crippen LogP contribution in [0.25, 0.3) is 0 Å². The normalized spacial score (nSPS) is 16.8. The molecule has 0 saturated carbocycles. The van der Waals surface area contributed by atoms with Gasteiger partial charge in [-0.05, 0) is 38.5 Å². The predicted molar refractivity (Wildman–Crippen MR) is 75.9 cm³/mol. The lowest BCUT2D eigenvalue weighted by Gasteiger charge is -2.19. The van der Waals surface area contributed by atoms with Gasteiger partial charge in [0.25, 0.3) is 0 Å². The molecule has 0 spiro atoms. The second-order valence-corrected chi connectivity index (χ2v) is 5.25. The Morgan fingerprint density at radius 1 is 1.17 bits per heavy atom. The van der Waals surface area contributed by atoms with E-state index in [1.807, 2.05) is 0 Å². The molecule has 0 aliphatic heterocycles. The Hall–Kier alpha value is -1.12. The topological polar surface area (TPSA) is 37.8 Å². The first kappa shape index (κ1) is 13.3. The average Bonchev–Trinajstić information content (AvgIpc) is 2.64. The molecule has 0 radical (unpaired) electrons. The summed E-state index contributed by atoms with van der Waals surface area (Å²) in [5.74, 6) is 1.10. The Labute approximate surface area is 110 Å². The van der Waals surface area contributed by atoms with Gasteiger partial charge in [0.15, 0.2) is 0 Å². The first-order valence-corrected chi connectivity index (χ1v) is 7.44. The number of aryl methyl sites for hydroxylation is 1. The Morgan fingerprint density at radius 2 is 2.00 bits per heavy atom. The van der Waals surface area contributed by atoms with E-state index < -0.39 is 0 Å². The number of rotatable bonds is 5. The van der Waals surface area contributed by atoms with Crippen LogP contribution in [0.5, 0.6) is 0 Å². The highest BCUT2D eigenvalue weighted by Crippen LogP contribution is 2.25. The highest BCUT2D eigenvalue weighted by Gasteiger charge is 2.16. The van der Waals surface area contributed by atoms with Crippen molar-refractivity contribution in [1.82, 2.24) is 9.97 Å². The van der Waals surface area contributed by atoms with Gasteiger partial charge in [-0.15, -0.1) is 0 Å². The Morgan fingerprint density at radius 3 is 2.78 bits per heavy atom. The summed E-state index contributed by atoms with van der Waals surface area (Å²) in [7, 11) is 0.